The molecule has 0 aliphatic heterocycles. The van der Waals surface area contributed by atoms with Crippen LogP contribution in [0.1, 0.15) is 29.8 Å². The molecule has 0 heterocycles. The molecule has 2 rings (SSSR count). The van der Waals surface area contributed by atoms with E-state index in [2.05, 4.69) is 31.8 Å². The molecule has 0 spiro atoms. The Kier molecular flexibility index (Phi) is 8.21. The predicted octanol–water partition coefficient (Wildman–Crippen LogP) is 3.37. The minimum atomic E-state index is -0.728. The van der Waals surface area contributed by atoms with E-state index in [1.807, 2.05) is 19.9 Å². The lowest BCUT2D eigenvalue weighted by Gasteiger charge is -2.20. The van der Waals surface area contributed by atoms with Crippen molar-refractivity contribution in [1.29, 1.82) is 0 Å². The third-order valence-electron chi connectivity index (χ3n) is 4.15. The van der Waals surface area contributed by atoms with Gasteiger partial charge < -0.3 is 14.8 Å². The van der Waals surface area contributed by atoms with Crippen molar-refractivity contribution in [3.05, 3.63) is 58.1 Å². The zero-order valence-corrected chi connectivity index (χ0v) is 18.3. The van der Waals surface area contributed by atoms with Crippen molar-refractivity contribution in [2.24, 2.45) is 11.0 Å². The van der Waals surface area contributed by atoms with Gasteiger partial charge in [0.05, 0.1) is 20.4 Å². The highest BCUT2D eigenvalue weighted by Crippen LogP contribution is 2.32. The summed E-state index contributed by atoms with van der Waals surface area (Å²) in [6, 6.07) is 11.5. The Labute approximate surface area is 178 Å². The fourth-order valence-corrected chi connectivity index (χ4v) is 2.98. The van der Waals surface area contributed by atoms with Crippen LogP contribution in [0.5, 0.6) is 11.5 Å². The molecule has 0 fully saturated rings. The standard InChI is InChI=1S/C21H24BrN3O4/c1-13(2)19(24-20(26)14-8-6-5-7-9-14)21(27)25-23-12-15-10-17(28-3)18(29-4)11-16(15)22/h5-13,19H,1-4H3,(H,24,26)(H,25,27)/b23-12+. The average Bonchev–Trinajstić information content (AvgIpc) is 2.72. The zero-order chi connectivity index (χ0) is 21.4. The Balaban J connectivity index is 2.08. The first-order valence-corrected chi connectivity index (χ1v) is 9.77. The molecule has 0 bridgehead atoms. The van der Waals surface area contributed by atoms with Gasteiger partial charge in [-0.3, -0.25) is 9.59 Å². The van der Waals surface area contributed by atoms with Crippen molar-refractivity contribution in [1.82, 2.24) is 10.7 Å². The molecule has 29 heavy (non-hydrogen) atoms. The van der Waals surface area contributed by atoms with E-state index in [0.29, 0.717) is 22.6 Å². The summed E-state index contributed by atoms with van der Waals surface area (Å²) in [5.74, 6) is 0.275. The molecule has 1 atom stereocenters. The molecule has 8 heteroatoms. The Morgan fingerprint density at radius 3 is 2.28 bits per heavy atom. The first-order chi connectivity index (χ1) is 13.9. The van der Waals surface area contributed by atoms with Crippen molar-refractivity contribution in [3.63, 3.8) is 0 Å². The normalized spacial score (nSPS) is 11.9. The van der Waals surface area contributed by atoms with Gasteiger partial charge in [0.1, 0.15) is 6.04 Å². The highest BCUT2D eigenvalue weighted by atomic mass is 79.9. The fraction of sp³-hybridized carbons (Fsp3) is 0.286. The minimum Gasteiger partial charge on any atom is -0.493 e. The first-order valence-electron chi connectivity index (χ1n) is 8.97. The number of hydrogen-bond donors (Lipinski definition) is 2. The van der Waals surface area contributed by atoms with Crippen molar-refractivity contribution >= 4 is 34.0 Å². The van der Waals surface area contributed by atoms with Crippen LogP contribution in [0.15, 0.2) is 52.0 Å². The van der Waals surface area contributed by atoms with E-state index in [0.717, 1.165) is 4.47 Å². The second-order valence-corrected chi connectivity index (χ2v) is 7.38. The first kappa shape index (κ1) is 22.4. The molecular formula is C21H24BrN3O4. The number of amides is 2. The molecule has 0 aliphatic rings. The number of nitrogens with zero attached hydrogens (tertiary/aromatic N) is 1. The second-order valence-electron chi connectivity index (χ2n) is 6.52. The number of carbonyl (C=O) groups excluding carboxylic acids is 2. The van der Waals surface area contributed by atoms with E-state index in [4.69, 9.17) is 9.47 Å². The minimum absolute atomic E-state index is 0.120. The number of rotatable bonds is 8. The fourth-order valence-electron chi connectivity index (χ4n) is 2.55. The Morgan fingerprint density at radius 2 is 1.69 bits per heavy atom. The van der Waals surface area contributed by atoms with Crippen molar-refractivity contribution in [2.75, 3.05) is 14.2 Å². The van der Waals surface area contributed by atoms with Crippen LogP contribution >= 0.6 is 15.9 Å². The van der Waals surface area contributed by atoms with Gasteiger partial charge in [-0.1, -0.05) is 32.0 Å². The van der Waals surface area contributed by atoms with Crippen LogP contribution < -0.4 is 20.2 Å². The summed E-state index contributed by atoms with van der Waals surface area (Å²) < 4.78 is 11.2. The lowest BCUT2D eigenvalue weighted by molar-refractivity contribution is -0.123. The van der Waals surface area contributed by atoms with Crippen molar-refractivity contribution in [2.45, 2.75) is 19.9 Å². The lowest BCUT2D eigenvalue weighted by Crippen LogP contribution is -2.48. The third kappa shape index (κ3) is 6.05. The van der Waals surface area contributed by atoms with Gasteiger partial charge in [-0.05, 0) is 46.1 Å². The number of carbonyl (C=O) groups is 2. The second kappa shape index (κ2) is 10.6. The van der Waals surface area contributed by atoms with Crippen molar-refractivity contribution in [3.8, 4) is 11.5 Å². The van der Waals surface area contributed by atoms with Gasteiger partial charge in [-0.25, -0.2) is 5.43 Å². The van der Waals surface area contributed by atoms with Gasteiger partial charge in [0, 0.05) is 15.6 Å². The zero-order valence-electron chi connectivity index (χ0n) is 16.7. The van der Waals surface area contributed by atoms with E-state index < -0.39 is 11.9 Å². The van der Waals surface area contributed by atoms with Crippen LogP contribution in [0.2, 0.25) is 0 Å². The van der Waals surface area contributed by atoms with E-state index in [-0.39, 0.29) is 11.8 Å². The van der Waals surface area contributed by atoms with Gasteiger partial charge in [0.15, 0.2) is 11.5 Å². The maximum atomic E-state index is 12.6. The molecule has 0 saturated heterocycles. The number of methoxy groups -OCH3 is 2. The summed E-state index contributed by atoms with van der Waals surface area (Å²) in [7, 11) is 3.09. The van der Waals surface area contributed by atoms with Gasteiger partial charge >= 0.3 is 0 Å². The van der Waals surface area contributed by atoms with Gasteiger partial charge in [0.2, 0.25) is 0 Å². The summed E-state index contributed by atoms with van der Waals surface area (Å²) in [6.45, 7) is 3.70. The summed E-state index contributed by atoms with van der Waals surface area (Å²) in [6.07, 6.45) is 1.49. The highest BCUT2D eigenvalue weighted by molar-refractivity contribution is 9.10. The molecule has 2 aromatic rings. The summed E-state index contributed by atoms with van der Waals surface area (Å²) in [4.78, 5) is 24.9. The topological polar surface area (TPSA) is 89.0 Å². The third-order valence-corrected chi connectivity index (χ3v) is 4.84. The highest BCUT2D eigenvalue weighted by Gasteiger charge is 2.24. The van der Waals surface area contributed by atoms with Crippen LogP contribution in [-0.4, -0.2) is 38.3 Å². The smallest absolute Gasteiger partial charge is 0.262 e. The lowest BCUT2D eigenvalue weighted by atomic mass is 10.0. The number of nitrogens with one attached hydrogen (secondary N) is 2. The summed E-state index contributed by atoms with van der Waals surface area (Å²) in [5, 5.41) is 6.77. The van der Waals surface area contributed by atoms with Crippen LogP contribution in [0.25, 0.3) is 0 Å². The molecule has 2 aromatic carbocycles. The van der Waals surface area contributed by atoms with Crippen LogP contribution in [0.4, 0.5) is 0 Å². The molecule has 0 aliphatic carbocycles. The Hall–Kier alpha value is -2.87. The number of hydrazone groups is 1. The van der Waals surface area contributed by atoms with Crippen LogP contribution in [-0.2, 0) is 4.79 Å². The maximum Gasteiger partial charge on any atom is 0.262 e. The molecule has 0 radical (unpaired) electrons. The van der Waals surface area contributed by atoms with Crippen molar-refractivity contribution < 1.29 is 19.1 Å². The summed E-state index contributed by atoms with van der Waals surface area (Å²) >= 11 is 3.43. The molecule has 154 valence electrons. The van der Waals surface area contributed by atoms with Crippen LogP contribution in [0, 0.1) is 5.92 Å². The number of hydrogen-bond acceptors (Lipinski definition) is 5. The quantitative estimate of drug-likeness (QED) is 0.465. The molecule has 2 N–H and O–H groups in total. The average molecular weight is 462 g/mol. The molecule has 1 unspecified atom stereocenters. The number of halogens is 1. The predicted molar refractivity (Wildman–Crippen MR) is 116 cm³/mol. The maximum absolute atomic E-state index is 12.6. The molecular weight excluding hydrogens is 438 g/mol. The molecule has 7 nitrogen and oxygen atoms in total. The Morgan fingerprint density at radius 1 is 1.07 bits per heavy atom. The largest absolute Gasteiger partial charge is 0.493 e. The van der Waals surface area contributed by atoms with E-state index in [9.17, 15) is 9.59 Å². The van der Waals surface area contributed by atoms with Gasteiger partial charge in [0.25, 0.3) is 11.8 Å². The molecule has 2 amide bonds. The van der Waals surface area contributed by atoms with Crippen LogP contribution in [0.3, 0.4) is 0 Å². The van der Waals surface area contributed by atoms with Gasteiger partial charge in [-0.2, -0.15) is 5.10 Å². The molecule has 0 saturated carbocycles. The Bertz CT molecular complexity index is 885. The van der Waals surface area contributed by atoms with E-state index >= 15 is 0 Å². The monoisotopic (exact) mass is 461 g/mol. The van der Waals surface area contributed by atoms with Gasteiger partial charge in [-0.15, -0.1) is 0 Å². The van der Waals surface area contributed by atoms with E-state index in [1.54, 1.807) is 43.5 Å². The number of ether oxygens (including phenoxy) is 2. The number of benzene rings is 2. The summed E-state index contributed by atoms with van der Waals surface area (Å²) in [5.41, 5.74) is 3.67. The van der Waals surface area contributed by atoms with E-state index in [1.165, 1.54) is 13.3 Å². The molecule has 0 aromatic heterocycles. The SMILES string of the molecule is COc1cc(Br)c(/C=N/NC(=O)C(NC(=O)c2ccccc2)C(C)C)cc1OC.